The standard InChI is InChI=1S/C26H20ClFN4O3/c1-26(17-7-9-18(28)10-8-17)24(34)32(25(35)31-26)15-23(33)30-19-11-12-20(22(27)13-19)21(14-29)16-5-3-2-4-6-16/h2-13,21H,15H2,1H3,(H,30,33)(H,31,35). The lowest BCUT2D eigenvalue weighted by Crippen LogP contribution is -2.42. The first-order chi connectivity index (χ1) is 16.7. The zero-order valence-electron chi connectivity index (χ0n) is 18.6. The maximum atomic E-state index is 13.3. The van der Waals surface area contributed by atoms with Gasteiger partial charge >= 0.3 is 6.03 Å². The van der Waals surface area contributed by atoms with Gasteiger partial charge in [-0.2, -0.15) is 5.26 Å². The lowest BCUT2D eigenvalue weighted by molar-refractivity contribution is -0.133. The van der Waals surface area contributed by atoms with E-state index in [0.717, 1.165) is 10.5 Å². The Hall–Kier alpha value is -4.22. The number of nitrogens with zero attached hydrogens (tertiary/aromatic N) is 2. The zero-order chi connectivity index (χ0) is 25.2. The number of rotatable bonds is 6. The van der Waals surface area contributed by atoms with Gasteiger partial charge in [0.1, 0.15) is 17.9 Å². The molecule has 0 radical (unpaired) electrons. The van der Waals surface area contributed by atoms with Crippen molar-refractivity contribution in [2.24, 2.45) is 0 Å². The molecule has 2 unspecified atom stereocenters. The molecule has 3 aromatic carbocycles. The number of halogens is 2. The topological polar surface area (TPSA) is 102 Å². The summed E-state index contributed by atoms with van der Waals surface area (Å²) in [6.07, 6.45) is 0. The Morgan fingerprint density at radius 2 is 1.83 bits per heavy atom. The molecule has 9 heteroatoms. The molecule has 4 rings (SSSR count). The number of imide groups is 1. The van der Waals surface area contributed by atoms with E-state index in [-0.39, 0.29) is 5.02 Å². The van der Waals surface area contributed by atoms with E-state index in [9.17, 15) is 24.0 Å². The van der Waals surface area contributed by atoms with Gasteiger partial charge in [0, 0.05) is 10.7 Å². The van der Waals surface area contributed by atoms with Crippen molar-refractivity contribution < 1.29 is 18.8 Å². The van der Waals surface area contributed by atoms with Crippen LogP contribution in [0.5, 0.6) is 0 Å². The Labute approximate surface area is 206 Å². The molecule has 0 spiro atoms. The average Bonchev–Trinajstić information content (AvgIpc) is 3.05. The summed E-state index contributed by atoms with van der Waals surface area (Å²) in [5.74, 6) is -2.29. The van der Waals surface area contributed by atoms with Gasteiger partial charge in [0.05, 0.1) is 12.0 Å². The van der Waals surface area contributed by atoms with E-state index in [1.165, 1.54) is 37.3 Å². The molecule has 1 saturated heterocycles. The molecule has 2 atom stereocenters. The van der Waals surface area contributed by atoms with Crippen molar-refractivity contribution in [2.45, 2.75) is 18.4 Å². The van der Waals surface area contributed by atoms with Gasteiger partial charge in [-0.3, -0.25) is 14.5 Å². The van der Waals surface area contributed by atoms with Crippen molar-refractivity contribution in [1.82, 2.24) is 10.2 Å². The highest BCUT2D eigenvalue weighted by molar-refractivity contribution is 6.31. The normalized spacial score (nSPS) is 18.1. The summed E-state index contributed by atoms with van der Waals surface area (Å²) in [5.41, 5.74) is 0.702. The van der Waals surface area contributed by atoms with Gasteiger partial charge in [-0.15, -0.1) is 0 Å². The molecule has 4 amide bonds. The van der Waals surface area contributed by atoms with Gasteiger partial charge in [0.2, 0.25) is 5.91 Å². The minimum Gasteiger partial charge on any atom is -0.324 e. The summed E-state index contributed by atoms with van der Waals surface area (Å²) in [6, 6.07) is 20.6. The molecule has 3 aromatic rings. The van der Waals surface area contributed by atoms with Gasteiger partial charge in [-0.05, 0) is 47.9 Å². The molecule has 7 nitrogen and oxygen atoms in total. The Balaban J connectivity index is 1.46. The van der Waals surface area contributed by atoms with Crippen LogP contribution in [-0.4, -0.2) is 29.3 Å². The molecule has 2 N–H and O–H groups in total. The summed E-state index contributed by atoms with van der Waals surface area (Å²) in [5, 5.41) is 15.1. The molecule has 1 fully saturated rings. The molecular formula is C26H20ClFN4O3. The van der Waals surface area contributed by atoms with E-state index in [2.05, 4.69) is 16.7 Å². The lowest BCUT2D eigenvalue weighted by atomic mass is 9.92. The van der Waals surface area contributed by atoms with Crippen LogP contribution in [0.1, 0.15) is 29.5 Å². The quantitative estimate of drug-likeness (QED) is 0.495. The second-order valence-corrected chi connectivity index (χ2v) is 8.62. The molecule has 35 heavy (non-hydrogen) atoms. The number of nitriles is 1. The van der Waals surface area contributed by atoms with Gasteiger partial charge in [0.15, 0.2) is 0 Å². The van der Waals surface area contributed by atoms with E-state index in [1.54, 1.807) is 12.1 Å². The number of carbonyl (C=O) groups is 3. The van der Waals surface area contributed by atoms with Gasteiger partial charge < -0.3 is 10.6 Å². The van der Waals surface area contributed by atoms with Crippen LogP contribution in [-0.2, 0) is 15.1 Å². The number of nitrogens with one attached hydrogen (secondary N) is 2. The summed E-state index contributed by atoms with van der Waals surface area (Å²) in [6.45, 7) is 0.973. The molecular weight excluding hydrogens is 471 g/mol. The Morgan fingerprint density at radius 3 is 2.46 bits per heavy atom. The fourth-order valence-electron chi connectivity index (χ4n) is 3.97. The number of carbonyl (C=O) groups excluding carboxylic acids is 3. The van der Waals surface area contributed by atoms with Crippen LogP contribution in [0.25, 0.3) is 0 Å². The van der Waals surface area contributed by atoms with Crippen LogP contribution < -0.4 is 10.6 Å². The van der Waals surface area contributed by atoms with E-state index in [0.29, 0.717) is 16.8 Å². The van der Waals surface area contributed by atoms with Gasteiger partial charge in [0.25, 0.3) is 5.91 Å². The van der Waals surface area contributed by atoms with Crippen molar-refractivity contribution >= 4 is 35.1 Å². The number of amides is 4. The Kier molecular flexibility index (Phi) is 6.54. The van der Waals surface area contributed by atoms with Crippen molar-refractivity contribution in [3.63, 3.8) is 0 Å². The molecule has 1 aliphatic rings. The highest BCUT2D eigenvalue weighted by Gasteiger charge is 2.49. The minimum absolute atomic E-state index is 0.289. The molecule has 1 heterocycles. The fraction of sp³-hybridized carbons (Fsp3) is 0.154. The van der Waals surface area contributed by atoms with Crippen molar-refractivity contribution in [3.05, 3.63) is 100 Å². The maximum absolute atomic E-state index is 13.3. The molecule has 0 aliphatic carbocycles. The monoisotopic (exact) mass is 490 g/mol. The highest BCUT2D eigenvalue weighted by Crippen LogP contribution is 2.32. The average molecular weight is 491 g/mol. The third kappa shape index (κ3) is 4.72. The summed E-state index contributed by atoms with van der Waals surface area (Å²) in [7, 11) is 0. The third-order valence-corrected chi connectivity index (χ3v) is 6.18. The van der Waals surface area contributed by atoms with E-state index >= 15 is 0 Å². The predicted molar refractivity (Wildman–Crippen MR) is 128 cm³/mol. The second kappa shape index (κ2) is 9.57. The number of urea groups is 1. The first kappa shape index (κ1) is 23.9. The SMILES string of the molecule is CC1(c2ccc(F)cc2)NC(=O)N(CC(=O)Nc2ccc(C(C#N)c3ccccc3)c(Cl)c2)C1=O. The molecule has 1 aliphatic heterocycles. The van der Waals surface area contributed by atoms with E-state index < -0.39 is 41.7 Å². The fourth-order valence-corrected chi connectivity index (χ4v) is 4.26. The molecule has 0 saturated carbocycles. The third-order valence-electron chi connectivity index (χ3n) is 5.86. The summed E-state index contributed by atoms with van der Waals surface area (Å²) in [4.78, 5) is 38.9. The number of benzene rings is 3. The number of anilines is 1. The van der Waals surface area contributed by atoms with Gasteiger partial charge in [-0.1, -0.05) is 60.1 Å². The number of hydrogen-bond donors (Lipinski definition) is 2. The van der Waals surface area contributed by atoms with Crippen LogP contribution in [0.15, 0.2) is 72.8 Å². The Morgan fingerprint density at radius 1 is 1.14 bits per heavy atom. The summed E-state index contributed by atoms with van der Waals surface area (Å²) < 4.78 is 13.3. The van der Waals surface area contributed by atoms with Crippen LogP contribution in [0, 0.1) is 17.1 Å². The van der Waals surface area contributed by atoms with E-state index in [1.807, 2.05) is 30.3 Å². The van der Waals surface area contributed by atoms with Gasteiger partial charge in [-0.25, -0.2) is 9.18 Å². The Bertz CT molecular complexity index is 1340. The largest absolute Gasteiger partial charge is 0.325 e. The van der Waals surface area contributed by atoms with Crippen LogP contribution in [0.3, 0.4) is 0 Å². The lowest BCUT2D eigenvalue weighted by Gasteiger charge is -2.22. The highest BCUT2D eigenvalue weighted by atomic mass is 35.5. The first-order valence-electron chi connectivity index (χ1n) is 10.7. The summed E-state index contributed by atoms with van der Waals surface area (Å²) >= 11 is 6.41. The molecule has 0 aromatic heterocycles. The first-order valence-corrected chi connectivity index (χ1v) is 11.0. The molecule has 176 valence electrons. The maximum Gasteiger partial charge on any atom is 0.325 e. The number of hydrogen-bond acceptors (Lipinski definition) is 4. The van der Waals surface area contributed by atoms with Crippen LogP contribution in [0.2, 0.25) is 5.02 Å². The van der Waals surface area contributed by atoms with Crippen LogP contribution >= 0.6 is 11.6 Å². The smallest absolute Gasteiger partial charge is 0.324 e. The molecule has 0 bridgehead atoms. The second-order valence-electron chi connectivity index (χ2n) is 8.21. The zero-order valence-corrected chi connectivity index (χ0v) is 19.3. The van der Waals surface area contributed by atoms with Crippen molar-refractivity contribution in [1.29, 1.82) is 5.26 Å². The van der Waals surface area contributed by atoms with E-state index in [4.69, 9.17) is 11.6 Å². The van der Waals surface area contributed by atoms with Crippen LogP contribution in [0.4, 0.5) is 14.9 Å². The van der Waals surface area contributed by atoms with Crippen molar-refractivity contribution in [2.75, 3.05) is 11.9 Å². The van der Waals surface area contributed by atoms with Crippen molar-refractivity contribution in [3.8, 4) is 6.07 Å². The predicted octanol–water partition coefficient (Wildman–Crippen LogP) is 4.54. The minimum atomic E-state index is -1.42.